The third kappa shape index (κ3) is 3.60. The van der Waals surface area contributed by atoms with E-state index in [4.69, 9.17) is 0 Å². The Morgan fingerprint density at radius 1 is 1.11 bits per heavy atom. The second kappa shape index (κ2) is 7.09. The molecular formula is C18H29N. The van der Waals surface area contributed by atoms with E-state index < -0.39 is 0 Å². The number of aryl methyl sites for hydroxylation is 2. The molecule has 0 aromatic heterocycles. The van der Waals surface area contributed by atoms with Crippen molar-refractivity contribution in [3.63, 3.8) is 0 Å². The van der Waals surface area contributed by atoms with Gasteiger partial charge in [0.05, 0.1) is 0 Å². The molecule has 0 saturated carbocycles. The third-order valence-corrected chi connectivity index (χ3v) is 4.56. The van der Waals surface area contributed by atoms with Crippen LogP contribution in [0.3, 0.4) is 0 Å². The molecule has 0 aliphatic heterocycles. The summed E-state index contributed by atoms with van der Waals surface area (Å²) in [6.45, 7) is 8.02. The maximum atomic E-state index is 3.74. The predicted octanol–water partition coefficient (Wildman–Crippen LogP) is 4.65. The van der Waals surface area contributed by atoms with E-state index >= 15 is 0 Å². The van der Waals surface area contributed by atoms with Crippen LogP contribution in [0, 0.1) is 5.92 Å². The van der Waals surface area contributed by atoms with E-state index in [9.17, 15) is 0 Å². The van der Waals surface area contributed by atoms with Crippen molar-refractivity contribution in [2.24, 2.45) is 5.92 Å². The van der Waals surface area contributed by atoms with Crippen LogP contribution in [0.25, 0.3) is 0 Å². The number of fused-ring (bicyclic) bond motifs is 1. The van der Waals surface area contributed by atoms with Crippen molar-refractivity contribution in [2.45, 2.75) is 65.3 Å². The molecule has 2 rings (SSSR count). The van der Waals surface area contributed by atoms with Crippen LogP contribution >= 0.6 is 0 Å². The van der Waals surface area contributed by atoms with Gasteiger partial charge in [-0.3, -0.25) is 0 Å². The summed E-state index contributed by atoms with van der Waals surface area (Å²) in [6, 6.07) is 7.75. The molecule has 0 fully saturated rings. The van der Waals surface area contributed by atoms with Crippen LogP contribution in [0.2, 0.25) is 0 Å². The van der Waals surface area contributed by atoms with Crippen LogP contribution in [0.4, 0.5) is 0 Å². The Hall–Kier alpha value is -0.820. The minimum Gasteiger partial charge on any atom is -0.310 e. The fourth-order valence-corrected chi connectivity index (χ4v) is 3.13. The highest BCUT2D eigenvalue weighted by Gasteiger charge is 2.19. The number of hydrogen-bond acceptors (Lipinski definition) is 1. The Labute approximate surface area is 118 Å². The summed E-state index contributed by atoms with van der Waals surface area (Å²) in [5.41, 5.74) is 4.70. The normalized spacial score (nSPS) is 17.8. The molecule has 1 aliphatic carbocycles. The Bertz CT molecular complexity index is 397. The van der Waals surface area contributed by atoms with Crippen molar-refractivity contribution in [1.82, 2.24) is 5.32 Å². The van der Waals surface area contributed by atoms with Crippen LogP contribution in [0.1, 0.15) is 69.2 Å². The fraction of sp³-hybridized carbons (Fsp3) is 0.667. The van der Waals surface area contributed by atoms with Gasteiger partial charge in [0.2, 0.25) is 0 Å². The molecule has 1 nitrogen and oxygen atoms in total. The average molecular weight is 259 g/mol. The summed E-state index contributed by atoms with van der Waals surface area (Å²) in [5.74, 6) is 0.702. The molecule has 0 spiro atoms. The molecule has 2 atom stereocenters. The van der Waals surface area contributed by atoms with E-state index in [1.165, 1.54) is 44.1 Å². The van der Waals surface area contributed by atoms with Crippen LogP contribution < -0.4 is 5.32 Å². The second-order valence-electron chi connectivity index (χ2n) is 6.05. The summed E-state index contributed by atoms with van der Waals surface area (Å²) in [4.78, 5) is 0. The van der Waals surface area contributed by atoms with Crippen molar-refractivity contribution < 1.29 is 0 Å². The van der Waals surface area contributed by atoms with Crippen LogP contribution in [0.5, 0.6) is 0 Å². The Kier molecular flexibility index (Phi) is 5.45. The van der Waals surface area contributed by atoms with Crippen molar-refractivity contribution in [2.75, 3.05) is 6.54 Å². The lowest BCUT2D eigenvalue weighted by Crippen LogP contribution is -2.27. The predicted molar refractivity (Wildman–Crippen MR) is 83.6 cm³/mol. The van der Waals surface area contributed by atoms with Crippen LogP contribution in [0.15, 0.2) is 18.2 Å². The molecule has 1 aromatic rings. The van der Waals surface area contributed by atoms with Gasteiger partial charge in [-0.05, 0) is 61.3 Å². The quantitative estimate of drug-likeness (QED) is 0.784. The highest BCUT2D eigenvalue weighted by Crippen LogP contribution is 2.29. The van der Waals surface area contributed by atoms with E-state index in [0.29, 0.717) is 12.0 Å². The van der Waals surface area contributed by atoms with E-state index in [0.717, 1.165) is 6.54 Å². The number of nitrogens with one attached hydrogen (secondary N) is 1. The van der Waals surface area contributed by atoms with Gasteiger partial charge in [0.15, 0.2) is 0 Å². The first-order valence-electron chi connectivity index (χ1n) is 8.11. The minimum absolute atomic E-state index is 0.525. The van der Waals surface area contributed by atoms with Gasteiger partial charge in [0.25, 0.3) is 0 Å². The lowest BCUT2D eigenvalue weighted by Gasteiger charge is -2.27. The molecule has 1 aliphatic rings. The maximum absolute atomic E-state index is 3.74. The first kappa shape index (κ1) is 14.6. The lowest BCUT2D eigenvalue weighted by atomic mass is 9.86. The van der Waals surface area contributed by atoms with Crippen molar-refractivity contribution >= 4 is 0 Å². The van der Waals surface area contributed by atoms with Gasteiger partial charge in [-0.1, -0.05) is 45.4 Å². The molecular weight excluding hydrogens is 230 g/mol. The van der Waals surface area contributed by atoms with Gasteiger partial charge < -0.3 is 5.32 Å². The zero-order valence-electron chi connectivity index (χ0n) is 12.8. The molecule has 0 bridgehead atoms. The molecule has 2 unspecified atom stereocenters. The first-order chi connectivity index (χ1) is 9.26. The smallest absolute Gasteiger partial charge is 0.0346 e. The number of rotatable bonds is 6. The highest BCUT2D eigenvalue weighted by molar-refractivity contribution is 5.35. The summed E-state index contributed by atoms with van der Waals surface area (Å²) >= 11 is 0. The molecule has 0 heterocycles. The molecule has 0 amide bonds. The Morgan fingerprint density at radius 2 is 1.84 bits per heavy atom. The lowest BCUT2D eigenvalue weighted by molar-refractivity contribution is 0.377. The topological polar surface area (TPSA) is 12.0 Å². The van der Waals surface area contributed by atoms with Gasteiger partial charge in [-0.2, -0.15) is 0 Å². The largest absolute Gasteiger partial charge is 0.310 e. The van der Waals surface area contributed by atoms with Gasteiger partial charge >= 0.3 is 0 Å². The van der Waals surface area contributed by atoms with Crippen molar-refractivity contribution in [3.8, 4) is 0 Å². The minimum atomic E-state index is 0.525. The number of hydrogen-bond donors (Lipinski definition) is 1. The van der Waals surface area contributed by atoms with Crippen LogP contribution in [-0.4, -0.2) is 6.54 Å². The molecule has 0 saturated heterocycles. The van der Waals surface area contributed by atoms with Gasteiger partial charge in [0.1, 0.15) is 0 Å². The number of benzene rings is 1. The second-order valence-corrected chi connectivity index (χ2v) is 6.05. The van der Waals surface area contributed by atoms with E-state index in [1.807, 2.05) is 0 Å². The summed E-state index contributed by atoms with van der Waals surface area (Å²) < 4.78 is 0. The third-order valence-electron chi connectivity index (χ3n) is 4.56. The van der Waals surface area contributed by atoms with E-state index in [2.05, 4.69) is 44.3 Å². The van der Waals surface area contributed by atoms with Crippen LogP contribution in [-0.2, 0) is 12.8 Å². The zero-order chi connectivity index (χ0) is 13.7. The van der Waals surface area contributed by atoms with Gasteiger partial charge in [0, 0.05) is 6.04 Å². The van der Waals surface area contributed by atoms with Crippen molar-refractivity contribution in [1.29, 1.82) is 0 Å². The molecule has 1 heteroatoms. The molecule has 1 N–H and O–H groups in total. The summed E-state index contributed by atoms with van der Waals surface area (Å²) in [6.07, 6.45) is 7.74. The molecule has 0 radical (unpaired) electrons. The fourth-order valence-electron chi connectivity index (χ4n) is 3.13. The standard InChI is InChI=1S/C18H29N/c1-4-12-19-18(14(3)5-2)17-11-10-15-8-6-7-9-16(15)13-17/h10-11,13-14,18-19H,4-9,12H2,1-3H3. The monoisotopic (exact) mass is 259 g/mol. The van der Waals surface area contributed by atoms with E-state index in [-0.39, 0.29) is 0 Å². The molecule has 106 valence electrons. The van der Waals surface area contributed by atoms with Gasteiger partial charge in [-0.15, -0.1) is 0 Å². The molecule has 1 aromatic carbocycles. The zero-order valence-corrected chi connectivity index (χ0v) is 12.8. The maximum Gasteiger partial charge on any atom is 0.0346 e. The van der Waals surface area contributed by atoms with E-state index in [1.54, 1.807) is 11.1 Å². The van der Waals surface area contributed by atoms with Crippen molar-refractivity contribution in [3.05, 3.63) is 34.9 Å². The Balaban J connectivity index is 2.20. The molecule has 19 heavy (non-hydrogen) atoms. The first-order valence-corrected chi connectivity index (χ1v) is 8.11. The summed E-state index contributed by atoms with van der Waals surface area (Å²) in [5, 5.41) is 3.74. The summed E-state index contributed by atoms with van der Waals surface area (Å²) in [7, 11) is 0. The SMILES string of the molecule is CCCNC(c1ccc2c(c1)CCCC2)C(C)CC. The average Bonchev–Trinajstić information content (AvgIpc) is 2.47. The Morgan fingerprint density at radius 3 is 2.53 bits per heavy atom. The highest BCUT2D eigenvalue weighted by atomic mass is 14.9. The van der Waals surface area contributed by atoms with Gasteiger partial charge in [-0.25, -0.2) is 0 Å².